The lowest BCUT2D eigenvalue weighted by atomic mass is 10.1. The lowest BCUT2D eigenvalue weighted by molar-refractivity contribution is -0.115. The van der Waals surface area contributed by atoms with Crippen LogP contribution in [0.15, 0.2) is 65.6 Å². The van der Waals surface area contributed by atoms with E-state index in [1.807, 2.05) is 48.6 Å². The van der Waals surface area contributed by atoms with Crippen LogP contribution in [0.3, 0.4) is 0 Å². The summed E-state index contributed by atoms with van der Waals surface area (Å²) >= 11 is 6.25. The number of allylic oxidation sites excluding steroid dienone is 2. The van der Waals surface area contributed by atoms with Crippen molar-refractivity contribution >= 4 is 40.3 Å². The summed E-state index contributed by atoms with van der Waals surface area (Å²) in [6, 6.07) is 16.0. The fourth-order valence-electron chi connectivity index (χ4n) is 2.35. The Morgan fingerprint density at radius 1 is 1.16 bits per heavy atom. The molecule has 1 aliphatic rings. The molecule has 0 unspecified atom stereocenters. The van der Waals surface area contributed by atoms with E-state index in [0.717, 1.165) is 16.9 Å². The van der Waals surface area contributed by atoms with Crippen molar-refractivity contribution in [1.29, 1.82) is 0 Å². The molecule has 0 radical (unpaired) electrons. The Bertz CT molecular complexity index is 872. The molecule has 5 heteroatoms. The number of thiocarbonyl (C=S) groups is 1. The minimum absolute atomic E-state index is 0.149. The third-order valence-electron chi connectivity index (χ3n) is 3.73. The van der Waals surface area contributed by atoms with Crippen molar-refractivity contribution < 1.29 is 9.53 Å². The van der Waals surface area contributed by atoms with Crippen LogP contribution in [0.5, 0.6) is 5.75 Å². The molecule has 1 heterocycles. The number of hydrogen-bond donors (Lipinski definition) is 1. The number of ether oxygens (including phenoxy) is 1. The Hall–Kier alpha value is -2.37. The molecule has 25 heavy (non-hydrogen) atoms. The first-order chi connectivity index (χ1) is 12.1. The number of aryl methyl sites for hydroxylation is 1. The molecule has 1 fully saturated rings. The topological polar surface area (TPSA) is 38.3 Å². The molecular formula is C20H17NO2S2. The first-order valence-electron chi connectivity index (χ1n) is 7.81. The highest BCUT2D eigenvalue weighted by Gasteiger charge is 2.20. The summed E-state index contributed by atoms with van der Waals surface area (Å²) in [5.41, 5.74) is 3.33. The maximum Gasteiger partial charge on any atom is 0.263 e. The number of amides is 1. The summed E-state index contributed by atoms with van der Waals surface area (Å²) in [5.74, 6) is 0.656. The number of rotatable bonds is 5. The maximum absolute atomic E-state index is 11.6. The van der Waals surface area contributed by atoms with Gasteiger partial charge in [0.1, 0.15) is 16.7 Å². The highest BCUT2D eigenvalue weighted by molar-refractivity contribution is 8.26. The third kappa shape index (κ3) is 4.59. The van der Waals surface area contributed by atoms with Gasteiger partial charge in [-0.3, -0.25) is 4.79 Å². The van der Waals surface area contributed by atoms with Crippen LogP contribution in [-0.4, -0.2) is 10.2 Å². The van der Waals surface area contributed by atoms with E-state index in [-0.39, 0.29) is 5.91 Å². The summed E-state index contributed by atoms with van der Waals surface area (Å²) in [6.45, 7) is 2.59. The second-order valence-corrected chi connectivity index (χ2v) is 7.21. The van der Waals surface area contributed by atoms with Crippen LogP contribution in [0.4, 0.5) is 0 Å². The predicted octanol–water partition coefficient (Wildman–Crippen LogP) is 4.62. The van der Waals surface area contributed by atoms with Gasteiger partial charge in [-0.25, -0.2) is 0 Å². The second-order valence-electron chi connectivity index (χ2n) is 5.49. The smallest absolute Gasteiger partial charge is 0.263 e. The standard InChI is InChI=1S/C20H17NO2S2/c1-14-7-2-3-9-16(14)13-23-17-11-5-4-8-15(17)10-6-12-18-19(22)21-20(24)25-18/h2-12H,13H2,1H3,(H,21,22,24)/b10-6+,18-12-. The Morgan fingerprint density at radius 3 is 2.68 bits per heavy atom. The van der Waals surface area contributed by atoms with Gasteiger partial charge in [-0.2, -0.15) is 0 Å². The summed E-state index contributed by atoms with van der Waals surface area (Å²) in [7, 11) is 0. The number of carbonyl (C=O) groups is 1. The normalized spacial score (nSPS) is 15.8. The van der Waals surface area contributed by atoms with Crippen LogP contribution in [0.2, 0.25) is 0 Å². The number of para-hydroxylation sites is 1. The van der Waals surface area contributed by atoms with Crippen LogP contribution in [-0.2, 0) is 11.4 Å². The number of nitrogens with one attached hydrogen (secondary N) is 1. The molecule has 0 aromatic heterocycles. The van der Waals surface area contributed by atoms with Gasteiger partial charge < -0.3 is 10.1 Å². The molecule has 0 atom stereocenters. The zero-order valence-corrected chi connectivity index (χ0v) is 15.3. The Kier molecular flexibility index (Phi) is 5.68. The minimum atomic E-state index is -0.149. The molecule has 1 aliphatic heterocycles. The highest BCUT2D eigenvalue weighted by atomic mass is 32.2. The first kappa shape index (κ1) is 17.5. The van der Waals surface area contributed by atoms with Gasteiger partial charge in [0.15, 0.2) is 0 Å². The highest BCUT2D eigenvalue weighted by Crippen LogP contribution is 2.25. The zero-order chi connectivity index (χ0) is 17.6. The van der Waals surface area contributed by atoms with Crippen molar-refractivity contribution in [2.24, 2.45) is 0 Å². The van der Waals surface area contributed by atoms with Crippen molar-refractivity contribution in [1.82, 2.24) is 5.32 Å². The van der Waals surface area contributed by atoms with Gasteiger partial charge in [0.05, 0.1) is 4.91 Å². The van der Waals surface area contributed by atoms with Gasteiger partial charge in [-0.1, -0.05) is 78.6 Å². The lowest BCUT2D eigenvalue weighted by Gasteiger charge is -2.10. The summed E-state index contributed by atoms with van der Waals surface area (Å²) in [6.07, 6.45) is 5.53. The van der Waals surface area contributed by atoms with E-state index in [0.29, 0.717) is 15.8 Å². The minimum Gasteiger partial charge on any atom is -0.488 e. The van der Waals surface area contributed by atoms with Crippen molar-refractivity contribution in [3.63, 3.8) is 0 Å². The van der Waals surface area contributed by atoms with E-state index < -0.39 is 0 Å². The fraction of sp³-hybridized carbons (Fsp3) is 0.100. The number of benzene rings is 2. The third-order valence-corrected chi connectivity index (χ3v) is 4.91. The zero-order valence-electron chi connectivity index (χ0n) is 13.7. The average molecular weight is 367 g/mol. The molecule has 3 rings (SSSR count). The van der Waals surface area contributed by atoms with E-state index in [2.05, 4.69) is 24.4 Å². The SMILES string of the molecule is Cc1ccccc1COc1ccccc1/C=C/C=C1\SC(=S)NC1=O. The second kappa shape index (κ2) is 8.14. The largest absolute Gasteiger partial charge is 0.488 e. The van der Waals surface area contributed by atoms with Gasteiger partial charge in [0.2, 0.25) is 0 Å². The van der Waals surface area contributed by atoms with Gasteiger partial charge in [0.25, 0.3) is 5.91 Å². The summed E-state index contributed by atoms with van der Waals surface area (Å²) in [5, 5.41) is 2.60. The molecule has 0 aliphatic carbocycles. The van der Waals surface area contributed by atoms with Crippen LogP contribution >= 0.6 is 24.0 Å². The van der Waals surface area contributed by atoms with Gasteiger partial charge in [-0.05, 0) is 30.2 Å². The molecule has 1 N–H and O–H groups in total. The van der Waals surface area contributed by atoms with E-state index in [4.69, 9.17) is 17.0 Å². The molecule has 3 nitrogen and oxygen atoms in total. The molecule has 2 aromatic carbocycles. The number of carbonyl (C=O) groups excluding carboxylic acids is 1. The van der Waals surface area contributed by atoms with Gasteiger partial charge >= 0.3 is 0 Å². The molecule has 1 amide bonds. The van der Waals surface area contributed by atoms with Crippen LogP contribution in [0.25, 0.3) is 6.08 Å². The molecule has 0 bridgehead atoms. The van der Waals surface area contributed by atoms with Crippen LogP contribution in [0, 0.1) is 6.92 Å². The van der Waals surface area contributed by atoms with E-state index >= 15 is 0 Å². The van der Waals surface area contributed by atoms with Gasteiger partial charge in [-0.15, -0.1) is 0 Å². The quantitative estimate of drug-likeness (QED) is 0.618. The Morgan fingerprint density at radius 2 is 1.92 bits per heavy atom. The van der Waals surface area contributed by atoms with E-state index in [1.54, 1.807) is 6.08 Å². The molecule has 126 valence electrons. The number of thioether (sulfide) groups is 1. The Balaban J connectivity index is 1.72. The van der Waals surface area contributed by atoms with Crippen molar-refractivity contribution in [2.75, 3.05) is 0 Å². The first-order valence-corrected chi connectivity index (χ1v) is 9.04. The van der Waals surface area contributed by atoms with E-state index in [1.165, 1.54) is 17.3 Å². The van der Waals surface area contributed by atoms with Crippen molar-refractivity contribution in [2.45, 2.75) is 13.5 Å². The van der Waals surface area contributed by atoms with E-state index in [9.17, 15) is 4.79 Å². The monoisotopic (exact) mass is 367 g/mol. The summed E-state index contributed by atoms with van der Waals surface area (Å²) in [4.78, 5) is 12.2. The molecule has 1 saturated heterocycles. The maximum atomic E-state index is 11.6. The van der Waals surface area contributed by atoms with Gasteiger partial charge in [0, 0.05) is 5.56 Å². The summed E-state index contributed by atoms with van der Waals surface area (Å²) < 4.78 is 6.48. The fourth-order valence-corrected chi connectivity index (χ4v) is 3.35. The van der Waals surface area contributed by atoms with Crippen molar-refractivity contribution in [3.8, 4) is 5.75 Å². The lowest BCUT2D eigenvalue weighted by Crippen LogP contribution is -2.17. The number of hydrogen-bond acceptors (Lipinski definition) is 4. The molecular weight excluding hydrogens is 350 g/mol. The molecule has 2 aromatic rings. The Labute approximate surface area is 156 Å². The molecule has 0 saturated carbocycles. The average Bonchev–Trinajstić information content (AvgIpc) is 2.93. The van der Waals surface area contributed by atoms with Crippen molar-refractivity contribution in [3.05, 3.63) is 82.3 Å². The predicted molar refractivity (Wildman–Crippen MR) is 107 cm³/mol. The van der Waals surface area contributed by atoms with Crippen LogP contribution in [0.1, 0.15) is 16.7 Å². The molecule has 0 spiro atoms. The van der Waals surface area contributed by atoms with Crippen LogP contribution < -0.4 is 10.1 Å².